The summed E-state index contributed by atoms with van der Waals surface area (Å²) in [6.45, 7) is 1.06. The van der Waals surface area contributed by atoms with Crippen LogP contribution in [-0.4, -0.2) is 42.0 Å². The van der Waals surface area contributed by atoms with Gasteiger partial charge in [-0.25, -0.2) is 4.98 Å². The van der Waals surface area contributed by atoms with Crippen LogP contribution in [0.25, 0.3) is 10.2 Å². The predicted molar refractivity (Wildman–Crippen MR) is 80.0 cm³/mol. The molecule has 0 spiro atoms. The molecule has 0 N–H and O–H groups in total. The lowest BCUT2D eigenvalue weighted by molar-refractivity contribution is -0.145. The summed E-state index contributed by atoms with van der Waals surface area (Å²) >= 11 is 1.65. The van der Waals surface area contributed by atoms with E-state index in [1.54, 1.807) is 16.2 Å². The van der Waals surface area contributed by atoms with Gasteiger partial charge in [-0.05, 0) is 12.1 Å². The normalized spacial score (nSPS) is 18.4. The number of benzene rings is 1. The molecule has 1 saturated heterocycles. The van der Waals surface area contributed by atoms with E-state index in [1.807, 2.05) is 24.3 Å². The fraction of sp³-hybridized carbons (Fsp3) is 0.400. The highest BCUT2D eigenvalue weighted by atomic mass is 32.1. The number of thiazole rings is 1. The van der Waals surface area contributed by atoms with E-state index in [9.17, 15) is 9.59 Å². The maximum Gasteiger partial charge on any atom is 0.310 e. The third-order valence-corrected chi connectivity index (χ3v) is 4.78. The van der Waals surface area contributed by atoms with E-state index in [0.29, 0.717) is 13.1 Å². The first-order valence-corrected chi connectivity index (χ1v) is 7.69. The first-order chi connectivity index (χ1) is 10.2. The third-order valence-electron chi connectivity index (χ3n) is 3.68. The predicted octanol–water partition coefficient (Wildman–Crippen LogP) is 1.86. The van der Waals surface area contributed by atoms with Gasteiger partial charge in [-0.1, -0.05) is 12.1 Å². The van der Waals surface area contributed by atoms with E-state index in [0.717, 1.165) is 21.6 Å². The second-order valence-electron chi connectivity index (χ2n) is 5.09. The number of carbonyl (C=O) groups excluding carboxylic acids is 2. The van der Waals surface area contributed by atoms with E-state index >= 15 is 0 Å². The number of hydrogen-bond acceptors (Lipinski definition) is 5. The van der Waals surface area contributed by atoms with Gasteiger partial charge in [0.25, 0.3) is 0 Å². The zero-order valence-electron chi connectivity index (χ0n) is 11.7. The Morgan fingerprint density at radius 2 is 2.29 bits per heavy atom. The standard InChI is InChI=1S/C15H16N2O3S/c1-20-15(19)10-8-14(18)17(9-10)7-6-13-16-11-4-2-3-5-12(11)21-13/h2-5,10H,6-9H2,1H3. The Bertz CT molecular complexity index is 649. The average Bonchev–Trinajstić information content (AvgIpc) is 3.07. The van der Waals surface area contributed by atoms with E-state index in [4.69, 9.17) is 4.74 Å². The third kappa shape index (κ3) is 2.90. The number of amides is 1. The van der Waals surface area contributed by atoms with Crippen LogP contribution in [0, 0.1) is 5.92 Å². The molecule has 1 unspecified atom stereocenters. The summed E-state index contributed by atoms with van der Waals surface area (Å²) in [7, 11) is 1.36. The number of aromatic nitrogens is 1. The number of ether oxygens (including phenoxy) is 1. The minimum atomic E-state index is -0.321. The molecule has 1 aliphatic heterocycles. The maximum absolute atomic E-state index is 11.9. The Morgan fingerprint density at radius 1 is 1.48 bits per heavy atom. The van der Waals surface area contributed by atoms with Gasteiger partial charge in [-0.15, -0.1) is 11.3 Å². The lowest BCUT2D eigenvalue weighted by Crippen LogP contribution is -2.28. The fourth-order valence-corrected chi connectivity index (χ4v) is 3.53. The van der Waals surface area contributed by atoms with Gasteiger partial charge in [0.15, 0.2) is 0 Å². The first kappa shape index (κ1) is 14.0. The zero-order chi connectivity index (χ0) is 14.8. The van der Waals surface area contributed by atoms with Crippen molar-refractivity contribution in [2.24, 2.45) is 5.92 Å². The molecule has 3 rings (SSSR count). The number of para-hydroxylation sites is 1. The molecule has 0 saturated carbocycles. The van der Waals surface area contributed by atoms with Gasteiger partial charge < -0.3 is 9.64 Å². The quantitative estimate of drug-likeness (QED) is 0.809. The number of hydrogen-bond donors (Lipinski definition) is 0. The van der Waals surface area contributed by atoms with Crippen LogP contribution in [0.4, 0.5) is 0 Å². The van der Waals surface area contributed by atoms with E-state index < -0.39 is 0 Å². The molecule has 1 aromatic carbocycles. The summed E-state index contributed by atoms with van der Waals surface area (Å²) in [5, 5.41) is 1.02. The second kappa shape index (κ2) is 5.81. The van der Waals surface area contributed by atoms with Crippen LogP contribution in [0.2, 0.25) is 0 Å². The molecule has 2 aromatic rings. The van der Waals surface area contributed by atoms with Crippen LogP contribution in [0.5, 0.6) is 0 Å². The first-order valence-electron chi connectivity index (χ1n) is 6.87. The zero-order valence-corrected chi connectivity index (χ0v) is 12.6. The van der Waals surface area contributed by atoms with Crippen molar-refractivity contribution in [2.75, 3.05) is 20.2 Å². The Kier molecular flexibility index (Phi) is 3.88. The molecule has 6 heteroatoms. The molecule has 1 aliphatic rings. The van der Waals surface area contributed by atoms with E-state index in [2.05, 4.69) is 4.98 Å². The van der Waals surface area contributed by atoms with Crippen molar-refractivity contribution in [1.29, 1.82) is 0 Å². The molecule has 1 amide bonds. The van der Waals surface area contributed by atoms with Gasteiger partial charge in [0, 0.05) is 25.9 Å². The summed E-state index contributed by atoms with van der Waals surface area (Å²) in [5.41, 5.74) is 0.998. The van der Waals surface area contributed by atoms with Crippen LogP contribution in [0.3, 0.4) is 0 Å². The largest absolute Gasteiger partial charge is 0.469 e. The summed E-state index contributed by atoms with van der Waals surface area (Å²) in [4.78, 5) is 29.7. The van der Waals surface area contributed by atoms with Crippen LogP contribution < -0.4 is 0 Å². The molecule has 2 heterocycles. The number of nitrogens with zero attached hydrogens (tertiary/aromatic N) is 2. The number of likely N-dealkylation sites (tertiary alicyclic amines) is 1. The van der Waals surface area contributed by atoms with Gasteiger partial charge in [-0.2, -0.15) is 0 Å². The fourth-order valence-electron chi connectivity index (χ4n) is 2.57. The molecule has 1 aromatic heterocycles. The van der Waals surface area contributed by atoms with Crippen molar-refractivity contribution in [3.05, 3.63) is 29.3 Å². The van der Waals surface area contributed by atoms with Crippen LogP contribution >= 0.6 is 11.3 Å². The monoisotopic (exact) mass is 304 g/mol. The molecular formula is C15H16N2O3S. The Hall–Kier alpha value is -1.95. The molecule has 0 radical (unpaired) electrons. The smallest absolute Gasteiger partial charge is 0.310 e. The minimum absolute atomic E-state index is 0.0199. The van der Waals surface area contributed by atoms with Crippen molar-refractivity contribution in [3.8, 4) is 0 Å². The SMILES string of the molecule is COC(=O)C1CC(=O)N(CCc2nc3ccccc3s2)C1. The highest BCUT2D eigenvalue weighted by Crippen LogP contribution is 2.23. The number of esters is 1. The Labute approximate surface area is 126 Å². The van der Waals surface area contributed by atoms with Crippen molar-refractivity contribution < 1.29 is 14.3 Å². The Morgan fingerprint density at radius 3 is 3.05 bits per heavy atom. The topological polar surface area (TPSA) is 59.5 Å². The second-order valence-corrected chi connectivity index (χ2v) is 6.20. The highest BCUT2D eigenvalue weighted by Gasteiger charge is 2.34. The van der Waals surface area contributed by atoms with E-state index in [-0.39, 0.29) is 24.2 Å². The molecule has 21 heavy (non-hydrogen) atoms. The van der Waals surface area contributed by atoms with Crippen molar-refractivity contribution >= 4 is 33.4 Å². The average molecular weight is 304 g/mol. The number of methoxy groups -OCH3 is 1. The summed E-state index contributed by atoms with van der Waals surface area (Å²) in [5.74, 6) is -0.602. The molecule has 110 valence electrons. The van der Waals surface area contributed by atoms with Crippen LogP contribution in [-0.2, 0) is 20.7 Å². The number of fused-ring (bicyclic) bond motifs is 1. The molecule has 5 nitrogen and oxygen atoms in total. The highest BCUT2D eigenvalue weighted by molar-refractivity contribution is 7.18. The minimum Gasteiger partial charge on any atom is -0.469 e. The van der Waals surface area contributed by atoms with Crippen LogP contribution in [0.1, 0.15) is 11.4 Å². The van der Waals surface area contributed by atoms with Crippen molar-refractivity contribution in [2.45, 2.75) is 12.8 Å². The molecule has 1 atom stereocenters. The summed E-state index contributed by atoms with van der Waals surface area (Å²) in [6.07, 6.45) is 0.978. The summed E-state index contributed by atoms with van der Waals surface area (Å²) in [6, 6.07) is 8.00. The molecule has 0 aliphatic carbocycles. The lowest BCUT2D eigenvalue weighted by atomic mass is 10.1. The molecule has 0 bridgehead atoms. The maximum atomic E-state index is 11.9. The van der Waals surface area contributed by atoms with Gasteiger partial charge in [0.1, 0.15) is 0 Å². The van der Waals surface area contributed by atoms with Gasteiger partial charge in [-0.3, -0.25) is 9.59 Å². The molecular weight excluding hydrogens is 288 g/mol. The van der Waals surface area contributed by atoms with Crippen molar-refractivity contribution in [1.82, 2.24) is 9.88 Å². The molecule has 1 fully saturated rings. The van der Waals surface area contributed by atoms with Gasteiger partial charge >= 0.3 is 5.97 Å². The van der Waals surface area contributed by atoms with Gasteiger partial charge in [0.05, 0.1) is 28.3 Å². The van der Waals surface area contributed by atoms with E-state index in [1.165, 1.54) is 7.11 Å². The van der Waals surface area contributed by atoms with Gasteiger partial charge in [0.2, 0.25) is 5.91 Å². The summed E-state index contributed by atoms with van der Waals surface area (Å²) < 4.78 is 5.87. The number of carbonyl (C=O) groups is 2. The lowest BCUT2D eigenvalue weighted by Gasteiger charge is -2.15. The number of rotatable bonds is 4. The van der Waals surface area contributed by atoms with Crippen molar-refractivity contribution in [3.63, 3.8) is 0 Å². The Balaban J connectivity index is 1.62. The van der Waals surface area contributed by atoms with Crippen LogP contribution in [0.15, 0.2) is 24.3 Å².